The van der Waals surface area contributed by atoms with E-state index in [0.29, 0.717) is 13.0 Å². The van der Waals surface area contributed by atoms with Crippen LogP contribution in [0.1, 0.15) is 27.2 Å². The Hall–Kier alpha value is -1.10. The zero-order valence-corrected chi connectivity index (χ0v) is 10.5. The van der Waals surface area contributed by atoms with Crippen LogP contribution in [0.25, 0.3) is 0 Å². The highest BCUT2D eigenvalue weighted by Gasteiger charge is 2.51. The molecule has 1 N–H and O–H groups in total. The van der Waals surface area contributed by atoms with E-state index in [1.807, 2.05) is 20.8 Å². The average Bonchev–Trinajstić information content (AvgIpc) is 2.70. The molecule has 0 bridgehead atoms. The molecule has 5 nitrogen and oxygen atoms in total. The molecule has 1 amide bonds. The number of carbonyl (C=O) groups excluding carboxylic acids is 2. The largest absolute Gasteiger partial charge is 0.460 e. The van der Waals surface area contributed by atoms with Crippen LogP contribution in [0, 0.1) is 11.3 Å². The summed E-state index contributed by atoms with van der Waals surface area (Å²) in [5.41, 5.74) is -0.476. The number of hydrogen-bond acceptors (Lipinski definition) is 4. The summed E-state index contributed by atoms with van der Waals surface area (Å²) in [6.07, 6.45) is 0.0787. The number of rotatable bonds is 1. The molecule has 0 aromatic carbocycles. The number of aliphatic hydroxyl groups excluding tert-OH is 1. The van der Waals surface area contributed by atoms with E-state index in [0.717, 1.165) is 0 Å². The number of aliphatic hydroxyl groups is 1. The molecular formula is C12H19NO4. The first-order valence-corrected chi connectivity index (χ1v) is 5.96. The molecule has 0 spiro atoms. The van der Waals surface area contributed by atoms with E-state index < -0.39 is 5.41 Å². The number of esters is 1. The van der Waals surface area contributed by atoms with Gasteiger partial charge in [0.2, 0.25) is 5.91 Å². The Labute approximate surface area is 101 Å². The molecule has 2 aliphatic heterocycles. The SMILES string of the molecule is CC(C)(C)C(=O)N1C[C@@H]2OC(=O)C[C@@H]2[C@H]1CO. The normalized spacial score (nSPS) is 32.6. The lowest BCUT2D eigenvalue weighted by atomic mass is 9.93. The second kappa shape index (κ2) is 3.98. The molecule has 2 saturated heterocycles. The van der Waals surface area contributed by atoms with Crippen molar-refractivity contribution in [1.29, 1.82) is 0 Å². The summed E-state index contributed by atoms with van der Waals surface area (Å²) in [6, 6.07) is -0.279. The molecule has 2 rings (SSSR count). The molecule has 0 unspecified atom stereocenters. The van der Waals surface area contributed by atoms with Gasteiger partial charge >= 0.3 is 5.97 Å². The average molecular weight is 241 g/mol. The van der Waals surface area contributed by atoms with Crippen LogP contribution in [0.3, 0.4) is 0 Å². The first-order valence-electron chi connectivity index (χ1n) is 5.96. The second-order valence-electron chi connectivity index (χ2n) is 5.85. The molecule has 0 aromatic heterocycles. The van der Waals surface area contributed by atoms with Crippen LogP contribution in [0.2, 0.25) is 0 Å². The number of nitrogens with zero attached hydrogens (tertiary/aromatic N) is 1. The maximum Gasteiger partial charge on any atom is 0.306 e. The van der Waals surface area contributed by atoms with E-state index in [9.17, 15) is 14.7 Å². The van der Waals surface area contributed by atoms with Crippen LogP contribution < -0.4 is 0 Å². The molecule has 3 atom stereocenters. The Morgan fingerprint density at radius 3 is 2.71 bits per heavy atom. The number of ether oxygens (including phenoxy) is 1. The Bertz CT molecular complexity index is 347. The van der Waals surface area contributed by atoms with Gasteiger partial charge in [-0.05, 0) is 0 Å². The number of amides is 1. The van der Waals surface area contributed by atoms with Gasteiger partial charge in [-0.1, -0.05) is 20.8 Å². The van der Waals surface area contributed by atoms with Crippen LogP contribution in [0.5, 0.6) is 0 Å². The van der Waals surface area contributed by atoms with Crippen LogP contribution in [0.15, 0.2) is 0 Å². The van der Waals surface area contributed by atoms with Crippen LogP contribution >= 0.6 is 0 Å². The fraction of sp³-hybridized carbons (Fsp3) is 0.833. The first kappa shape index (κ1) is 12.4. The smallest absolute Gasteiger partial charge is 0.306 e. The van der Waals surface area contributed by atoms with Gasteiger partial charge in [-0.2, -0.15) is 0 Å². The van der Waals surface area contributed by atoms with Gasteiger partial charge in [0.1, 0.15) is 6.10 Å². The maximum absolute atomic E-state index is 12.2. The lowest BCUT2D eigenvalue weighted by Gasteiger charge is -2.31. The van der Waals surface area contributed by atoms with Gasteiger partial charge < -0.3 is 14.7 Å². The van der Waals surface area contributed by atoms with Gasteiger partial charge in [-0.3, -0.25) is 9.59 Å². The van der Waals surface area contributed by atoms with Crippen molar-refractivity contribution in [3.63, 3.8) is 0 Å². The Kier molecular flexibility index (Phi) is 2.89. The van der Waals surface area contributed by atoms with Crippen molar-refractivity contribution in [3.8, 4) is 0 Å². The van der Waals surface area contributed by atoms with Crippen molar-refractivity contribution in [2.45, 2.75) is 39.3 Å². The minimum Gasteiger partial charge on any atom is -0.460 e. The van der Waals surface area contributed by atoms with Crippen LogP contribution in [-0.2, 0) is 14.3 Å². The van der Waals surface area contributed by atoms with E-state index in [-0.39, 0.29) is 36.5 Å². The highest BCUT2D eigenvalue weighted by molar-refractivity contribution is 5.83. The van der Waals surface area contributed by atoms with E-state index in [4.69, 9.17) is 4.74 Å². The van der Waals surface area contributed by atoms with Crippen molar-refractivity contribution in [1.82, 2.24) is 4.90 Å². The molecule has 0 aliphatic carbocycles. The lowest BCUT2D eigenvalue weighted by Crippen LogP contribution is -2.45. The summed E-state index contributed by atoms with van der Waals surface area (Å²) in [4.78, 5) is 25.1. The first-order chi connectivity index (χ1) is 7.84. The van der Waals surface area contributed by atoms with Crippen molar-refractivity contribution in [2.75, 3.05) is 13.2 Å². The number of carbonyl (C=O) groups is 2. The monoisotopic (exact) mass is 241 g/mol. The molecule has 96 valence electrons. The molecule has 5 heteroatoms. The van der Waals surface area contributed by atoms with E-state index >= 15 is 0 Å². The molecule has 0 saturated carbocycles. The molecular weight excluding hydrogens is 222 g/mol. The van der Waals surface area contributed by atoms with Gasteiger partial charge in [0.15, 0.2) is 0 Å². The summed E-state index contributed by atoms with van der Waals surface area (Å²) >= 11 is 0. The second-order valence-corrected chi connectivity index (χ2v) is 5.85. The van der Waals surface area contributed by atoms with Crippen LogP contribution in [-0.4, -0.2) is 47.2 Å². The van der Waals surface area contributed by atoms with Gasteiger partial charge in [0.25, 0.3) is 0 Å². The predicted octanol–water partition coefficient (Wildman–Crippen LogP) is 0.167. The van der Waals surface area contributed by atoms with Gasteiger partial charge in [-0.15, -0.1) is 0 Å². The highest BCUT2D eigenvalue weighted by atomic mass is 16.6. The maximum atomic E-state index is 12.2. The number of hydrogen-bond donors (Lipinski definition) is 1. The standard InChI is InChI=1S/C12H19NO4/c1-12(2,3)11(16)13-5-9-7(8(13)6-14)4-10(15)17-9/h7-9,14H,4-6H2,1-3H3/t7-,8-,9+/m1/s1. The molecule has 0 aromatic rings. The molecule has 2 heterocycles. The predicted molar refractivity (Wildman–Crippen MR) is 60.0 cm³/mol. The fourth-order valence-corrected chi connectivity index (χ4v) is 2.64. The van der Waals surface area contributed by atoms with Crippen molar-refractivity contribution >= 4 is 11.9 Å². The van der Waals surface area contributed by atoms with Crippen molar-refractivity contribution in [3.05, 3.63) is 0 Å². The Morgan fingerprint density at radius 2 is 2.18 bits per heavy atom. The van der Waals surface area contributed by atoms with Crippen molar-refractivity contribution < 1.29 is 19.4 Å². The van der Waals surface area contributed by atoms with Gasteiger partial charge in [-0.25, -0.2) is 0 Å². The number of likely N-dealkylation sites (tertiary alicyclic amines) is 1. The van der Waals surface area contributed by atoms with Gasteiger partial charge in [0, 0.05) is 11.3 Å². The highest BCUT2D eigenvalue weighted by Crippen LogP contribution is 2.37. The minimum absolute atomic E-state index is 0.00185. The molecule has 2 fully saturated rings. The molecule has 0 radical (unpaired) electrons. The van der Waals surface area contributed by atoms with E-state index in [1.54, 1.807) is 4.90 Å². The summed E-state index contributed by atoms with van der Waals surface area (Å²) in [6.45, 7) is 5.86. The third kappa shape index (κ3) is 2.04. The van der Waals surface area contributed by atoms with Crippen LogP contribution in [0.4, 0.5) is 0 Å². The third-order valence-electron chi connectivity index (χ3n) is 3.52. The number of fused-ring (bicyclic) bond motifs is 1. The summed E-state index contributed by atoms with van der Waals surface area (Å²) < 4.78 is 5.17. The zero-order chi connectivity index (χ0) is 12.8. The summed E-state index contributed by atoms with van der Waals surface area (Å²) in [5, 5.41) is 9.42. The van der Waals surface area contributed by atoms with Crippen molar-refractivity contribution in [2.24, 2.45) is 11.3 Å². The summed E-state index contributed by atoms with van der Waals surface area (Å²) in [7, 11) is 0. The quantitative estimate of drug-likeness (QED) is 0.664. The minimum atomic E-state index is -0.476. The summed E-state index contributed by atoms with van der Waals surface area (Å²) in [5.74, 6) is -0.262. The topological polar surface area (TPSA) is 66.8 Å². The molecule has 17 heavy (non-hydrogen) atoms. The zero-order valence-electron chi connectivity index (χ0n) is 10.5. The van der Waals surface area contributed by atoms with Gasteiger partial charge in [0.05, 0.1) is 25.6 Å². The lowest BCUT2D eigenvalue weighted by molar-refractivity contribution is -0.146. The third-order valence-corrected chi connectivity index (χ3v) is 3.52. The van der Waals surface area contributed by atoms with E-state index in [1.165, 1.54) is 0 Å². The fourth-order valence-electron chi connectivity index (χ4n) is 2.64. The Morgan fingerprint density at radius 1 is 1.53 bits per heavy atom. The van der Waals surface area contributed by atoms with E-state index in [2.05, 4.69) is 0 Å². The Balaban J connectivity index is 2.17. The molecule has 2 aliphatic rings.